The largest absolute Gasteiger partial charge is 0.390 e. The Labute approximate surface area is 242 Å². The minimum absolute atomic E-state index is 0.00424. The van der Waals surface area contributed by atoms with E-state index in [-0.39, 0.29) is 60.7 Å². The van der Waals surface area contributed by atoms with Gasteiger partial charge in [-0.2, -0.15) is 0 Å². The summed E-state index contributed by atoms with van der Waals surface area (Å²) in [5.74, 6) is -0.701. The second-order valence-corrected chi connectivity index (χ2v) is 12.6. The Bertz CT molecular complexity index is 1140. The van der Waals surface area contributed by atoms with E-state index in [9.17, 15) is 24.6 Å². The summed E-state index contributed by atoms with van der Waals surface area (Å²) in [4.78, 5) is 45.6. The van der Waals surface area contributed by atoms with Crippen LogP contribution in [-0.2, 0) is 20.9 Å². The van der Waals surface area contributed by atoms with E-state index in [1.54, 1.807) is 16.7 Å². The fraction of sp³-hybridized carbons (Fsp3) is 0.760. The van der Waals surface area contributed by atoms with Gasteiger partial charge in [-0.15, -0.1) is 16.9 Å². The number of carbonyl (C=O) groups is 3. The number of aromatic nitrogens is 4. The number of nitrogens with two attached hydrogens (primary N) is 1. The number of piperazine rings is 1. The highest BCUT2D eigenvalue weighted by Gasteiger charge is 2.58. The first-order chi connectivity index (χ1) is 19.7. The summed E-state index contributed by atoms with van der Waals surface area (Å²) in [7, 11) is 0. The van der Waals surface area contributed by atoms with Crippen molar-refractivity contribution in [1.82, 2.24) is 45.5 Å². The van der Waals surface area contributed by atoms with Gasteiger partial charge in [0.2, 0.25) is 17.7 Å². The van der Waals surface area contributed by atoms with Crippen LogP contribution in [-0.4, -0.2) is 145 Å². The zero-order valence-electron chi connectivity index (χ0n) is 23.4. The molecule has 0 unspecified atom stereocenters. The van der Waals surface area contributed by atoms with E-state index in [2.05, 4.69) is 38.0 Å². The highest BCUT2D eigenvalue weighted by molar-refractivity contribution is 8.03. The molecule has 6 N–H and O–H groups in total. The normalized spacial score (nSPS) is 29.9. The van der Waals surface area contributed by atoms with E-state index in [0.717, 1.165) is 4.91 Å². The Hall–Kier alpha value is -2.63. The molecule has 5 rings (SSSR count). The lowest BCUT2D eigenvalue weighted by atomic mass is 9.78. The van der Waals surface area contributed by atoms with Gasteiger partial charge in [0, 0.05) is 67.9 Å². The molecule has 41 heavy (non-hydrogen) atoms. The van der Waals surface area contributed by atoms with Crippen molar-refractivity contribution >= 4 is 29.5 Å². The molecule has 15 nitrogen and oxygen atoms in total. The number of hydrogen-bond donors (Lipinski definition) is 5. The number of nitrogens with zero attached hydrogens (tertiary/aromatic N) is 7. The van der Waals surface area contributed by atoms with Crippen molar-refractivity contribution in [2.45, 2.75) is 56.3 Å². The number of tetrazole rings is 1. The summed E-state index contributed by atoms with van der Waals surface area (Å²) < 4.78 is 1.32. The van der Waals surface area contributed by atoms with Gasteiger partial charge in [0.25, 0.3) is 0 Å². The van der Waals surface area contributed by atoms with E-state index in [4.69, 9.17) is 5.73 Å². The van der Waals surface area contributed by atoms with E-state index in [1.165, 1.54) is 11.0 Å². The molecular weight excluding hydrogens is 552 g/mol. The fourth-order valence-corrected chi connectivity index (χ4v) is 7.93. The molecule has 16 heteroatoms. The van der Waals surface area contributed by atoms with Crippen molar-refractivity contribution < 1.29 is 24.6 Å². The lowest BCUT2D eigenvalue weighted by molar-refractivity contribution is -0.155. The van der Waals surface area contributed by atoms with Gasteiger partial charge in [0.05, 0.1) is 36.4 Å². The van der Waals surface area contributed by atoms with Crippen LogP contribution in [0.5, 0.6) is 0 Å². The third-order valence-electron chi connectivity index (χ3n) is 8.57. The van der Waals surface area contributed by atoms with Crippen molar-refractivity contribution in [3.8, 4) is 0 Å². The molecule has 0 saturated carbocycles. The van der Waals surface area contributed by atoms with Gasteiger partial charge in [-0.25, -0.2) is 4.68 Å². The molecule has 5 heterocycles. The third-order valence-corrected chi connectivity index (χ3v) is 10.1. The second-order valence-electron chi connectivity index (χ2n) is 11.3. The quantitative estimate of drug-likeness (QED) is 0.162. The van der Waals surface area contributed by atoms with Crippen molar-refractivity contribution in [2.24, 2.45) is 17.6 Å². The fourth-order valence-electron chi connectivity index (χ4n) is 6.45. The van der Waals surface area contributed by atoms with Crippen LogP contribution in [0.2, 0.25) is 0 Å². The Morgan fingerprint density at radius 3 is 2.71 bits per heavy atom. The lowest BCUT2D eigenvalue weighted by Gasteiger charge is -2.48. The average molecular weight is 593 g/mol. The van der Waals surface area contributed by atoms with Crippen LogP contribution >= 0.6 is 11.8 Å². The van der Waals surface area contributed by atoms with Crippen LogP contribution in [0.25, 0.3) is 0 Å². The Balaban J connectivity index is 1.14. The molecule has 7 atom stereocenters. The minimum Gasteiger partial charge on any atom is -0.390 e. The number of aliphatic hydroxyl groups excluding tert-OH is 2. The Kier molecular flexibility index (Phi) is 9.25. The SMILES string of the molecule is C[C@@H](NC(=O)Cn1cnnn1)[C@H]1C(=O)N2C(CO)=C(S[C@@H]3CN[C@H](C(=O)N4CCN(C[C@H](O)CN)CC4)C3)[C@H](C)[C@H]12. The number of carbonyl (C=O) groups excluding carboxylic acids is 3. The number of hydrogen-bond acceptors (Lipinski definition) is 12. The van der Waals surface area contributed by atoms with Gasteiger partial charge in [-0.05, 0) is 23.8 Å². The summed E-state index contributed by atoms with van der Waals surface area (Å²) in [6.45, 7) is 7.66. The molecule has 4 aliphatic rings. The molecule has 1 aromatic heterocycles. The highest BCUT2D eigenvalue weighted by Crippen LogP contribution is 2.51. The summed E-state index contributed by atoms with van der Waals surface area (Å²) >= 11 is 1.64. The molecule has 3 saturated heterocycles. The number of nitrogens with one attached hydrogen (secondary N) is 2. The zero-order valence-corrected chi connectivity index (χ0v) is 24.2. The first-order valence-electron chi connectivity index (χ1n) is 14.2. The maximum Gasteiger partial charge on any atom is 0.242 e. The van der Waals surface area contributed by atoms with Gasteiger partial charge in [0.15, 0.2) is 0 Å². The van der Waals surface area contributed by atoms with Gasteiger partial charge >= 0.3 is 0 Å². The highest BCUT2D eigenvalue weighted by atomic mass is 32.2. The van der Waals surface area contributed by atoms with E-state index < -0.39 is 18.1 Å². The number of amides is 3. The first kappa shape index (κ1) is 29.8. The van der Waals surface area contributed by atoms with Crippen LogP contribution in [0.3, 0.4) is 0 Å². The van der Waals surface area contributed by atoms with Crippen LogP contribution in [0.15, 0.2) is 16.9 Å². The predicted octanol–water partition coefficient (Wildman–Crippen LogP) is -3.21. The second kappa shape index (κ2) is 12.7. The van der Waals surface area contributed by atoms with Gasteiger partial charge in [-0.1, -0.05) is 6.92 Å². The van der Waals surface area contributed by atoms with Gasteiger partial charge in [-0.3, -0.25) is 19.3 Å². The topological polar surface area (TPSA) is 195 Å². The summed E-state index contributed by atoms with van der Waals surface area (Å²) in [6, 6.07) is -0.810. The number of β-lactam (4-membered cyclic amide) rings is 1. The summed E-state index contributed by atoms with van der Waals surface area (Å²) in [5.41, 5.74) is 6.15. The minimum atomic E-state index is -0.551. The molecule has 0 aliphatic carbocycles. The number of thioether (sulfide) groups is 1. The number of β-amino-alcohol motifs (C(OH)–C–C–N with tert-alkyl or cyclic N) is 1. The summed E-state index contributed by atoms with van der Waals surface area (Å²) in [5, 5.41) is 37.2. The molecule has 226 valence electrons. The average Bonchev–Trinajstić information content (AvgIpc) is 3.69. The maximum absolute atomic E-state index is 13.2. The Morgan fingerprint density at radius 2 is 2.05 bits per heavy atom. The molecule has 3 fully saturated rings. The van der Waals surface area contributed by atoms with Crippen LogP contribution in [0.1, 0.15) is 20.3 Å². The van der Waals surface area contributed by atoms with Crippen molar-refractivity contribution in [3.63, 3.8) is 0 Å². The molecule has 0 radical (unpaired) electrons. The van der Waals surface area contributed by atoms with Gasteiger partial charge in [0.1, 0.15) is 12.9 Å². The number of fused-ring (bicyclic) bond motifs is 1. The molecule has 0 bridgehead atoms. The van der Waals surface area contributed by atoms with Crippen molar-refractivity contribution in [3.05, 3.63) is 16.9 Å². The van der Waals surface area contributed by atoms with Crippen LogP contribution < -0.4 is 16.4 Å². The predicted molar refractivity (Wildman–Crippen MR) is 149 cm³/mol. The van der Waals surface area contributed by atoms with Crippen LogP contribution in [0, 0.1) is 11.8 Å². The molecule has 4 aliphatic heterocycles. The van der Waals surface area contributed by atoms with Crippen molar-refractivity contribution in [2.75, 3.05) is 52.4 Å². The molecular formula is C25H40N10O5S. The lowest BCUT2D eigenvalue weighted by Crippen LogP contribution is -2.66. The maximum atomic E-state index is 13.2. The Morgan fingerprint density at radius 1 is 1.29 bits per heavy atom. The van der Waals surface area contributed by atoms with E-state index in [0.29, 0.717) is 51.4 Å². The molecule has 0 aromatic carbocycles. The van der Waals surface area contributed by atoms with Crippen LogP contribution in [0.4, 0.5) is 0 Å². The molecule has 0 spiro atoms. The number of aliphatic hydroxyl groups is 2. The molecule has 3 amide bonds. The monoisotopic (exact) mass is 592 g/mol. The van der Waals surface area contributed by atoms with E-state index in [1.807, 2.05) is 11.8 Å². The zero-order chi connectivity index (χ0) is 29.3. The van der Waals surface area contributed by atoms with Gasteiger partial charge < -0.3 is 36.4 Å². The molecule has 1 aromatic rings. The summed E-state index contributed by atoms with van der Waals surface area (Å²) in [6.07, 6.45) is 1.47. The third kappa shape index (κ3) is 6.12. The smallest absolute Gasteiger partial charge is 0.242 e. The van der Waals surface area contributed by atoms with Crippen molar-refractivity contribution in [1.29, 1.82) is 0 Å². The first-order valence-corrected chi connectivity index (χ1v) is 15.1. The van der Waals surface area contributed by atoms with E-state index >= 15 is 0 Å². The number of rotatable bonds is 11. The standard InChI is InChI=1S/C25H40N10O5S/c1-14-22-21(15(2)29-20(38)11-34-13-28-30-31-34)25(40)35(22)19(12-36)23(14)41-17-7-18(27-9-17)24(39)33-5-3-32(4-6-33)10-16(37)8-26/h13-18,21-22,27,36-37H,3-12,26H2,1-2H3,(H,29,38)/t14-,15-,16-,17+,18+,21-,22-/m1/s1.